The average molecular weight is 308 g/mol. The lowest BCUT2D eigenvalue weighted by atomic mass is 10.2. The number of likely N-dealkylation sites (N-methyl/N-ethyl adjacent to an activating group) is 1. The van der Waals surface area contributed by atoms with E-state index < -0.39 is 0 Å². The van der Waals surface area contributed by atoms with Crippen LogP contribution in [0.4, 0.5) is 5.13 Å². The average Bonchev–Trinajstić information content (AvgIpc) is 3.05. The number of aryl methyl sites for hydroxylation is 1. The summed E-state index contributed by atoms with van der Waals surface area (Å²) >= 11 is 1.89. The molecular weight excluding hydrogens is 280 g/mol. The fourth-order valence-corrected chi connectivity index (χ4v) is 4.24. The van der Waals surface area contributed by atoms with Crippen LogP contribution in [0.5, 0.6) is 0 Å². The third-order valence-electron chi connectivity index (χ3n) is 4.77. The number of anilines is 1. The van der Waals surface area contributed by atoms with E-state index >= 15 is 0 Å². The molecule has 0 radical (unpaired) electrons. The number of thiazole rings is 1. The third kappa shape index (κ3) is 3.58. The summed E-state index contributed by atoms with van der Waals surface area (Å²) in [4.78, 5) is 11.3. The molecule has 2 heterocycles. The zero-order valence-corrected chi connectivity index (χ0v) is 14.4. The molecule has 4 nitrogen and oxygen atoms in total. The van der Waals surface area contributed by atoms with Crippen LogP contribution in [0.25, 0.3) is 0 Å². The summed E-state index contributed by atoms with van der Waals surface area (Å²) in [5, 5.41) is 4.84. The second-order valence-electron chi connectivity index (χ2n) is 6.27. The van der Waals surface area contributed by atoms with Gasteiger partial charge in [-0.05, 0) is 39.3 Å². The normalized spacial score (nSPS) is 22.5. The minimum atomic E-state index is 0.706. The molecule has 3 rings (SSSR count). The van der Waals surface area contributed by atoms with Gasteiger partial charge in [0, 0.05) is 36.6 Å². The third-order valence-corrected chi connectivity index (χ3v) is 5.99. The fourth-order valence-electron chi connectivity index (χ4n) is 3.19. The highest BCUT2D eigenvalue weighted by Gasteiger charge is 2.28. The van der Waals surface area contributed by atoms with Gasteiger partial charge in [0.2, 0.25) is 0 Å². The van der Waals surface area contributed by atoms with Gasteiger partial charge in [0.05, 0.1) is 5.69 Å². The van der Waals surface area contributed by atoms with Crippen LogP contribution in [-0.2, 0) is 6.54 Å². The Hall–Kier alpha value is -0.650. The van der Waals surface area contributed by atoms with Gasteiger partial charge in [-0.3, -0.25) is 4.90 Å². The maximum Gasteiger partial charge on any atom is 0.185 e. The van der Waals surface area contributed by atoms with Crippen molar-refractivity contribution in [1.82, 2.24) is 15.2 Å². The minimum absolute atomic E-state index is 0.706. The molecule has 21 heavy (non-hydrogen) atoms. The molecular formula is C16H28N4S. The Morgan fingerprint density at radius 1 is 1.29 bits per heavy atom. The molecule has 2 fully saturated rings. The van der Waals surface area contributed by atoms with Crippen LogP contribution in [0.3, 0.4) is 0 Å². The lowest BCUT2D eigenvalue weighted by molar-refractivity contribution is 0.232. The van der Waals surface area contributed by atoms with E-state index in [-0.39, 0.29) is 0 Å². The van der Waals surface area contributed by atoms with Crippen molar-refractivity contribution in [3.05, 3.63) is 10.6 Å². The highest BCUT2D eigenvalue weighted by Crippen LogP contribution is 2.30. The monoisotopic (exact) mass is 308 g/mol. The van der Waals surface area contributed by atoms with Crippen LogP contribution in [-0.4, -0.2) is 48.1 Å². The van der Waals surface area contributed by atoms with E-state index in [9.17, 15) is 0 Å². The number of rotatable bonds is 7. The number of nitrogens with zero attached hydrogens (tertiary/aromatic N) is 3. The van der Waals surface area contributed by atoms with Crippen molar-refractivity contribution in [2.45, 2.75) is 58.7 Å². The molecule has 1 atom stereocenters. The van der Waals surface area contributed by atoms with Gasteiger partial charge in [-0.25, -0.2) is 4.98 Å². The Morgan fingerprint density at radius 2 is 2.05 bits per heavy atom. The van der Waals surface area contributed by atoms with Crippen LogP contribution in [0, 0.1) is 6.92 Å². The van der Waals surface area contributed by atoms with Crippen molar-refractivity contribution in [1.29, 1.82) is 0 Å². The van der Waals surface area contributed by atoms with E-state index in [1.54, 1.807) is 0 Å². The predicted octanol–water partition coefficient (Wildman–Crippen LogP) is 2.62. The van der Waals surface area contributed by atoms with Crippen LogP contribution in [0.2, 0.25) is 0 Å². The maximum absolute atomic E-state index is 4.82. The SMILES string of the molecule is CCN(CC)C1CCN(c2nc(C)c(CNC3CC3)s2)C1. The van der Waals surface area contributed by atoms with E-state index in [0.29, 0.717) is 6.04 Å². The Labute approximate surface area is 132 Å². The van der Waals surface area contributed by atoms with E-state index in [4.69, 9.17) is 4.98 Å². The van der Waals surface area contributed by atoms with Crippen LogP contribution in [0.1, 0.15) is 43.7 Å². The summed E-state index contributed by atoms with van der Waals surface area (Å²) in [5.41, 5.74) is 1.22. The summed E-state index contributed by atoms with van der Waals surface area (Å²) in [6.45, 7) is 12.3. The van der Waals surface area contributed by atoms with Crippen molar-refractivity contribution in [3.63, 3.8) is 0 Å². The van der Waals surface area contributed by atoms with Crippen LogP contribution < -0.4 is 10.2 Å². The summed E-state index contributed by atoms with van der Waals surface area (Å²) in [6.07, 6.45) is 3.97. The number of hydrogen-bond acceptors (Lipinski definition) is 5. The molecule has 2 aliphatic rings. The quantitative estimate of drug-likeness (QED) is 0.839. The second kappa shape index (κ2) is 6.63. The van der Waals surface area contributed by atoms with E-state index in [2.05, 4.69) is 35.9 Å². The molecule has 0 spiro atoms. The van der Waals surface area contributed by atoms with E-state index in [1.165, 1.54) is 35.0 Å². The van der Waals surface area contributed by atoms with Crippen molar-refractivity contribution < 1.29 is 0 Å². The smallest absolute Gasteiger partial charge is 0.185 e. The lowest BCUT2D eigenvalue weighted by Crippen LogP contribution is -2.37. The molecule has 0 aromatic carbocycles. The summed E-state index contributed by atoms with van der Waals surface area (Å²) in [5.74, 6) is 0. The number of hydrogen-bond donors (Lipinski definition) is 1. The molecule has 1 aromatic heterocycles. The van der Waals surface area contributed by atoms with Gasteiger partial charge in [0.15, 0.2) is 5.13 Å². The molecule has 1 saturated carbocycles. The molecule has 0 amide bonds. The van der Waals surface area contributed by atoms with Crippen LogP contribution >= 0.6 is 11.3 Å². The van der Waals surface area contributed by atoms with Gasteiger partial charge in [-0.1, -0.05) is 13.8 Å². The van der Waals surface area contributed by atoms with E-state index in [1.807, 2.05) is 11.3 Å². The first kappa shape index (κ1) is 15.3. The van der Waals surface area contributed by atoms with Crippen molar-refractivity contribution >= 4 is 16.5 Å². The van der Waals surface area contributed by atoms with Gasteiger partial charge in [0.1, 0.15) is 0 Å². The molecule has 0 bridgehead atoms. The fraction of sp³-hybridized carbons (Fsp3) is 0.812. The minimum Gasteiger partial charge on any atom is -0.346 e. The van der Waals surface area contributed by atoms with Crippen LogP contribution in [0.15, 0.2) is 0 Å². The van der Waals surface area contributed by atoms with Gasteiger partial charge in [-0.2, -0.15) is 0 Å². The lowest BCUT2D eigenvalue weighted by Gasteiger charge is -2.25. The summed E-state index contributed by atoms with van der Waals surface area (Å²) in [6, 6.07) is 1.48. The largest absolute Gasteiger partial charge is 0.346 e. The van der Waals surface area contributed by atoms with Crippen molar-refractivity contribution in [2.75, 3.05) is 31.1 Å². The number of aromatic nitrogens is 1. The maximum atomic E-state index is 4.82. The van der Waals surface area contributed by atoms with Gasteiger partial charge >= 0.3 is 0 Å². The molecule has 1 aromatic rings. The molecule has 1 saturated heterocycles. The molecule has 1 aliphatic heterocycles. The zero-order chi connectivity index (χ0) is 14.8. The highest BCUT2D eigenvalue weighted by atomic mass is 32.1. The highest BCUT2D eigenvalue weighted by molar-refractivity contribution is 7.15. The standard InChI is InChI=1S/C16H28N4S/c1-4-19(5-2)14-8-9-20(11-14)16-18-12(3)15(21-16)10-17-13-6-7-13/h13-14,17H,4-11H2,1-3H3. The molecule has 1 N–H and O–H groups in total. The Balaban J connectivity index is 1.60. The van der Waals surface area contributed by atoms with Gasteiger partial charge in [0.25, 0.3) is 0 Å². The second-order valence-corrected chi connectivity index (χ2v) is 7.33. The Morgan fingerprint density at radius 3 is 2.71 bits per heavy atom. The first-order valence-corrected chi connectivity index (χ1v) is 9.21. The summed E-state index contributed by atoms with van der Waals surface area (Å²) < 4.78 is 0. The first-order valence-electron chi connectivity index (χ1n) is 8.40. The molecule has 1 aliphatic carbocycles. The van der Waals surface area contributed by atoms with Gasteiger partial charge < -0.3 is 10.2 Å². The number of nitrogens with one attached hydrogen (secondary N) is 1. The zero-order valence-electron chi connectivity index (χ0n) is 13.6. The predicted molar refractivity (Wildman–Crippen MR) is 90.3 cm³/mol. The topological polar surface area (TPSA) is 31.4 Å². The molecule has 5 heteroatoms. The summed E-state index contributed by atoms with van der Waals surface area (Å²) in [7, 11) is 0. The molecule has 118 valence electrons. The van der Waals surface area contributed by atoms with Gasteiger partial charge in [-0.15, -0.1) is 11.3 Å². The van der Waals surface area contributed by atoms with Crippen molar-refractivity contribution in [2.24, 2.45) is 0 Å². The van der Waals surface area contributed by atoms with Crippen molar-refractivity contribution in [3.8, 4) is 0 Å². The Bertz CT molecular complexity index is 465. The Kier molecular flexibility index (Phi) is 4.82. The van der Waals surface area contributed by atoms with E-state index in [0.717, 1.165) is 38.8 Å². The first-order chi connectivity index (χ1) is 10.2. The molecule has 1 unspecified atom stereocenters.